The lowest BCUT2D eigenvalue weighted by molar-refractivity contribution is 0.197. The summed E-state index contributed by atoms with van der Waals surface area (Å²) >= 11 is 0. The molecule has 0 saturated carbocycles. The highest BCUT2D eigenvalue weighted by Crippen LogP contribution is 2.17. The summed E-state index contributed by atoms with van der Waals surface area (Å²) in [5.74, 6) is 1.25. The zero-order valence-electron chi connectivity index (χ0n) is 14.1. The minimum absolute atomic E-state index is 0. The zero-order valence-corrected chi connectivity index (χ0v) is 16.4. The molecule has 0 aliphatic carbocycles. The molecule has 3 N–H and O–H groups in total. The van der Waals surface area contributed by atoms with Crippen LogP contribution in [-0.4, -0.2) is 43.1 Å². The van der Waals surface area contributed by atoms with Gasteiger partial charge < -0.3 is 11.1 Å². The van der Waals surface area contributed by atoms with Gasteiger partial charge in [-0.1, -0.05) is 40.0 Å². The average molecular weight is 410 g/mol. The van der Waals surface area contributed by atoms with Crippen LogP contribution in [0.25, 0.3) is 0 Å². The van der Waals surface area contributed by atoms with Crippen LogP contribution in [0.3, 0.4) is 0 Å². The number of rotatable bonds is 9. The Labute approximate surface area is 148 Å². The first-order valence-corrected chi connectivity index (χ1v) is 8.43. The van der Waals surface area contributed by atoms with Crippen LogP contribution in [0.4, 0.5) is 0 Å². The van der Waals surface area contributed by atoms with E-state index < -0.39 is 0 Å². The van der Waals surface area contributed by atoms with Gasteiger partial charge in [-0.25, -0.2) is 0 Å². The first-order valence-electron chi connectivity index (χ1n) is 8.43. The summed E-state index contributed by atoms with van der Waals surface area (Å²) in [6.45, 7) is 11.0. The lowest BCUT2D eigenvalue weighted by atomic mass is 10.0. The number of unbranched alkanes of at least 4 members (excludes halogenated alkanes) is 3. The van der Waals surface area contributed by atoms with Crippen molar-refractivity contribution in [1.29, 1.82) is 0 Å². The SMILES string of the molecule is CCCCCCNC(N)=NCC(C(C)C)N1CCCC1.I. The Morgan fingerprint density at radius 2 is 1.86 bits per heavy atom. The number of hydrogen-bond donors (Lipinski definition) is 2. The molecule has 1 unspecified atom stereocenters. The molecule has 1 fully saturated rings. The van der Waals surface area contributed by atoms with Crippen LogP contribution >= 0.6 is 24.0 Å². The first kappa shape index (κ1) is 21.0. The predicted octanol–water partition coefficient (Wildman–Crippen LogP) is 3.21. The second-order valence-electron chi connectivity index (χ2n) is 6.27. The van der Waals surface area contributed by atoms with E-state index in [1.54, 1.807) is 0 Å². The standard InChI is InChI=1S/C16H34N4.HI/c1-4-5-6-7-10-18-16(17)19-13-15(14(2)3)20-11-8-9-12-20;/h14-15H,4-13H2,1-3H3,(H3,17,18,19);1H. The number of guanidine groups is 1. The number of hydrogen-bond acceptors (Lipinski definition) is 2. The van der Waals surface area contributed by atoms with Crippen LogP contribution in [0, 0.1) is 5.92 Å². The van der Waals surface area contributed by atoms with E-state index in [1.165, 1.54) is 51.6 Å². The smallest absolute Gasteiger partial charge is 0.188 e. The maximum absolute atomic E-state index is 5.96. The Kier molecular flexibility index (Phi) is 12.5. The average Bonchev–Trinajstić information content (AvgIpc) is 2.92. The van der Waals surface area contributed by atoms with Crippen LogP contribution in [-0.2, 0) is 0 Å². The van der Waals surface area contributed by atoms with E-state index in [1.807, 2.05) is 0 Å². The highest BCUT2D eigenvalue weighted by Gasteiger charge is 2.24. The summed E-state index contributed by atoms with van der Waals surface area (Å²) in [4.78, 5) is 7.12. The molecular formula is C16H35IN4. The van der Waals surface area contributed by atoms with Crippen LogP contribution < -0.4 is 11.1 Å². The molecule has 0 aromatic carbocycles. The van der Waals surface area contributed by atoms with E-state index in [9.17, 15) is 0 Å². The molecule has 0 aromatic rings. The number of aliphatic imine (C=N–C) groups is 1. The summed E-state index contributed by atoms with van der Waals surface area (Å²) in [6.07, 6.45) is 7.71. The van der Waals surface area contributed by atoms with Gasteiger partial charge in [-0.05, 0) is 38.3 Å². The molecule has 0 amide bonds. The summed E-state index contributed by atoms with van der Waals surface area (Å²) in [5.41, 5.74) is 5.96. The third-order valence-corrected chi connectivity index (χ3v) is 4.16. The van der Waals surface area contributed by atoms with Crippen molar-refractivity contribution in [1.82, 2.24) is 10.2 Å². The minimum Gasteiger partial charge on any atom is -0.370 e. The fourth-order valence-corrected chi connectivity index (χ4v) is 2.84. The number of halogens is 1. The van der Waals surface area contributed by atoms with E-state index in [4.69, 9.17) is 5.73 Å². The maximum Gasteiger partial charge on any atom is 0.188 e. The molecule has 1 atom stereocenters. The van der Waals surface area contributed by atoms with E-state index in [2.05, 4.69) is 36.0 Å². The molecule has 126 valence electrons. The second-order valence-corrected chi connectivity index (χ2v) is 6.27. The van der Waals surface area contributed by atoms with E-state index >= 15 is 0 Å². The highest BCUT2D eigenvalue weighted by molar-refractivity contribution is 14.0. The first-order chi connectivity index (χ1) is 9.65. The van der Waals surface area contributed by atoms with Crippen molar-refractivity contribution in [3.8, 4) is 0 Å². The van der Waals surface area contributed by atoms with Gasteiger partial charge in [0.15, 0.2) is 5.96 Å². The summed E-state index contributed by atoms with van der Waals surface area (Å²) < 4.78 is 0. The Hall–Kier alpha value is -0.0400. The van der Waals surface area contributed by atoms with Crippen molar-refractivity contribution in [2.75, 3.05) is 26.2 Å². The van der Waals surface area contributed by atoms with Crippen molar-refractivity contribution in [2.45, 2.75) is 65.3 Å². The number of likely N-dealkylation sites (tertiary alicyclic amines) is 1. The van der Waals surface area contributed by atoms with Gasteiger partial charge in [0, 0.05) is 12.6 Å². The molecule has 5 heteroatoms. The lowest BCUT2D eigenvalue weighted by Gasteiger charge is -2.29. The van der Waals surface area contributed by atoms with Gasteiger partial charge in [0.1, 0.15) is 0 Å². The Balaban J connectivity index is 0.00000400. The number of nitrogens with two attached hydrogens (primary N) is 1. The lowest BCUT2D eigenvalue weighted by Crippen LogP contribution is -2.41. The molecule has 0 radical (unpaired) electrons. The topological polar surface area (TPSA) is 53.6 Å². The summed E-state index contributed by atoms with van der Waals surface area (Å²) in [6, 6.07) is 0.540. The predicted molar refractivity (Wildman–Crippen MR) is 103 cm³/mol. The van der Waals surface area contributed by atoms with Crippen molar-refractivity contribution in [3.05, 3.63) is 0 Å². The fourth-order valence-electron chi connectivity index (χ4n) is 2.84. The molecule has 0 bridgehead atoms. The van der Waals surface area contributed by atoms with Crippen molar-refractivity contribution >= 4 is 29.9 Å². The molecule has 1 aliphatic rings. The second kappa shape index (κ2) is 12.5. The normalized spacial score (nSPS) is 17.8. The van der Waals surface area contributed by atoms with E-state index in [0.29, 0.717) is 17.9 Å². The Morgan fingerprint density at radius 3 is 2.43 bits per heavy atom. The summed E-state index contributed by atoms with van der Waals surface area (Å²) in [7, 11) is 0. The van der Waals surface area contributed by atoms with Crippen molar-refractivity contribution in [3.63, 3.8) is 0 Å². The van der Waals surface area contributed by atoms with E-state index in [-0.39, 0.29) is 24.0 Å². The third-order valence-electron chi connectivity index (χ3n) is 4.16. The van der Waals surface area contributed by atoms with E-state index in [0.717, 1.165) is 13.1 Å². The highest BCUT2D eigenvalue weighted by atomic mass is 127. The quantitative estimate of drug-likeness (QED) is 0.266. The molecule has 1 saturated heterocycles. The van der Waals surface area contributed by atoms with Crippen LogP contribution in [0.5, 0.6) is 0 Å². The van der Waals surface area contributed by atoms with Gasteiger partial charge in [0.25, 0.3) is 0 Å². The molecule has 1 rings (SSSR count). The van der Waals surface area contributed by atoms with Crippen molar-refractivity contribution in [2.24, 2.45) is 16.6 Å². The maximum atomic E-state index is 5.96. The minimum atomic E-state index is 0. The van der Waals surface area contributed by atoms with Crippen LogP contribution in [0.1, 0.15) is 59.3 Å². The molecule has 21 heavy (non-hydrogen) atoms. The summed E-state index contributed by atoms with van der Waals surface area (Å²) in [5, 5.41) is 3.24. The molecule has 4 nitrogen and oxygen atoms in total. The number of nitrogens with one attached hydrogen (secondary N) is 1. The fraction of sp³-hybridized carbons (Fsp3) is 0.938. The van der Waals surface area contributed by atoms with Crippen LogP contribution in [0.15, 0.2) is 4.99 Å². The largest absolute Gasteiger partial charge is 0.370 e. The zero-order chi connectivity index (χ0) is 14.8. The molecule has 0 spiro atoms. The van der Waals surface area contributed by atoms with Gasteiger partial charge in [-0.2, -0.15) is 0 Å². The van der Waals surface area contributed by atoms with Gasteiger partial charge in [0.05, 0.1) is 6.54 Å². The molecule has 1 heterocycles. The molecular weight excluding hydrogens is 375 g/mol. The van der Waals surface area contributed by atoms with Gasteiger partial charge in [0.2, 0.25) is 0 Å². The Bertz CT molecular complexity index is 275. The molecule has 1 aliphatic heterocycles. The number of nitrogens with zero attached hydrogens (tertiary/aromatic N) is 2. The van der Waals surface area contributed by atoms with Gasteiger partial charge >= 0.3 is 0 Å². The van der Waals surface area contributed by atoms with Crippen molar-refractivity contribution < 1.29 is 0 Å². The van der Waals surface area contributed by atoms with Gasteiger partial charge in [-0.3, -0.25) is 9.89 Å². The Morgan fingerprint density at radius 1 is 1.19 bits per heavy atom. The van der Waals surface area contributed by atoms with Crippen LogP contribution in [0.2, 0.25) is 0 Å². The van der Waals surface area contributed by atoms with Gasteiger partial charge in [-0.15, -0.1) is 24.0 Å². The molecule has 0 aromatic heterocycles. The third kappa shape index (κ3) is 8.86. The monoisotopic (exact) mass is 410 g/mol.